The van der Waals surface area contributed by atoms with Crippen LogP contribution in [0.4, 0.5) is 35.1 Å². The van der Waals surface area contributed by atoms with Crippen molar-refractivity contribution in [1.82, 2.24) is 0 Å². The van der Waals surface area contributed by atoms with E-state index in [2.05, 4.69) is 0 Å². The van der Waals surface area contributed by atoms with Crippen molar-refractivity contribution in [2.45, 2.75) is 18.3 Å². The van der Waals surface area contributed by atoms with Gasteiger partial charge in [0.25, 0.3) is 0 Å². The molecule has 8 heteroatoms. The molecule has 0 unspecified atom stereocenters. The molecule has 0 radical (unpaired) electrons. The molecule has 0 fully saturated rings. The van der Waals surface area contributed by atoms with Gasteiger partial charge in [0.15, 0.2) is 0 Å². The van der Waals surface area contributed by atoms with E-state index in [4.69, 9.17) is 0 Å². The van der Waals surface area contributed by atoms with Crippen molar-refractivity contribution in [3.05, 3.63) is 12.2 Å². The Balaban J connectivity index is 5.03. The first-order valence-electron chi connectivity index (χ1n) is 2.68. The Morgan fingerprint density at radius 3 is 1.69 bits per heavy atom. The summed E-state index contributed by atoms with van der Waals surface area (Å²) in [7, 11) is 0. The molecule has 78 valence electrons. The maximum atomic E-state index is 11.9. The number of hydrogen-bond acceptors (Lipinski definition) is 0. The molecule has 0 rings (SSSR count). The van der Waals surface area contributed by atoms with Gasteiger partial charge < -0.3 is 0 Å². The molecular formula is C5H2F8. The molecule has 0 aromatic carbocycles. The average Bonchev–Trinajstić information content (AvgIpc) is 2.02. The summed E-state index contributed by atoms with van der Waals surface area (Å²) in [5.41, 5.74) is 0. The molecule has 0 N–H and O–H groups in total. The molecule has 0 aliphatic rings. The SMILES string of the molecule is F/C=C(\F)C(F)(F)C(F)(F)C(F)F. The van der Waals surface area contributed by atoms with E-state index in [1.165, 1.54) is 0 Å². The predicted octanol–water partition coefficient (Wildman–Crippen LogP) is 3.30. The fourth-order valence-electron chi connectivity index (χ4n) is 0.365. The van der Waals surface area contributed by atoms with E-state index >= 15 is 0 Å². The molecule has 0 aliphatic heterocycles. The highest BCUT2D eigenvalue weighted by atomic mass is 19.3. The molecule has 0 bridgehead atoms. The number of hydrogen-bond donors (Lipinski definition) is 0. The van der Waals surface area contributed by atoms with Gasteiger partial charge in [0.2, 0.25) is 5.83 Å². The Labute approximate surface area is 66.8 Å². The van der Waals surface area contributed by atoms with E-state index < -0.39 is 30.4 Å². The van der Waals surface area contributed by atoms with Crippen molar-refractivity contribution in [3.8, 4) is 0 Å². The molecule has 0 aliphatic carbocycles. The predicted molar refractivity (Wildman–Crippen MR) is 26.2 cm³/mol. The van der Waals surface area contributed by atoms with Crippen LogP contribution in [0.2, 0.25) is 0 Å². The second-order valence-corrected chi connectivity index (χ2v) is 1.96. The molecule has 0 saturated heterocycles. The molecule has 0 aromatic rings. The Morgan fingerprint density at radius 1 is 1.08 bits per heavy atom. The first-order chi connectivity index (χ1) is 5.67. The van der Waals surface area contributed by atoms with E-state index in [0.29, 0.717) is 0 Å². The monoisotopic (exact) mass is 214 g/mol. The van der Waals surface area contributed by atoms with Gasteiger partial charge in [-0.1, -0.05) is 0 Å². The lowest BCUT2D eigenvalue weighted by Crippen LogP contribution is -2.46. The quantitative estimate of drug-likeness (QED) is 0.632. The molecule has 0 heterocycles. The second-order valence-electron chi connectivity index (χ2n) is 1.96. The molecule has 0 aromatic heterocycles. The standard InChI is InChI=1S/C5H2F8/c6-1-2(7)4(10,11)5(12,13)3(8)9/h1,3H/b2-1-. The summed E-state index contributed by atoms with van der Waals surface area (Å²) in [4.78, 5) is 0. The summed E-state index contributed by atoms with van der Waals surface area (Å²) in [5.74, 6) is -15.0. The zero-order chi connectivity index (χ0) is 10.9. The maximum Gasteiger partial charge on any atom is 0.376 e. The van der Waals surface area contributed by atoms with Gasteiger partial charge >= 0.3 is 18.3 Å². The lowest BCUT2D eigenvalue weighted by molar-refractivity contribution is -0.253. The van der Waals surface area contributed by atoms with Crippen molar-refractivity contribution in [2.75, 3.05) is 0 Å². The van der Waals surface area contributed by atoms with Gasteiger partial charge in [0, 0.05) is 0 Å². The Hall–Kier alpha value is -0.820. The van der Waals surface area contributed by atoms with Gasteiger partial charge in [0.1, 0.15) is 6.33 Å². The van der Waals surface area contributed by atoms with Crippen LogP contribution in [0.15, 0.2) is 12.2 Å². The van der Waals surface area contributed by atoms with Crippen molar-refractivity contribution >= 4 is 0 Å². The molecule has 0 saturated carbocycles. The maximum absolute atomic E-state index is 11.9. The number of alkyl halides is 6. The van der Waals surface area contributed by atoms with Gasteiger partial charge in [-0.05, 0) is 0 Å². The van der Waals surface area contributed by atoms with E-state index in [1.54, 1.807) is 0 Å². The minimum absolute atomic E-state index is 1.49. The van der Waals surface area contributed by atoms with Gasteiger partial charge in [-0.25, -0.2) is 17.6 Å². The van der Waals surface area contributed by atoms with Crippen LogP contribution >= 0.6 is 0 Å². The zero-order valence-electron chi connectivity index (χ0n) is 5.68. The lowest BCUT2D eigenvalue weighted by atomic mass is 10.1. The molecule has 0 atom stereocenters. The summed E-state index contributed by atoms with van der Waals surface area (Å²) >= 11 is 0. The topological polar surface area (TPSA) is 0 Å². The minimum atomic E-state index is -5.93. The molecule has 13 heavy (non-hydrogen) atoms. The summed E-state index contributed by atoms with van der Waals surface area (Å²) in [6.07, 6.45) is -6.27. The number of rotatable bonds is 3. The van der Waals surface area contributed by atoms with Crippen molar-refractivity contribution in [1.29, 1.82) is 0 Å². The summed E-state index contributed by atoms with van der Waals surface area (Å²) < 4.78 is 92.8. The normalized spacial score (nSPS) is 15.3. The molecule has 0 spiro atoms. The van der Waals surface area contributed by atoms with Crippen molar-refractivity contribution < 1.29 is 35.1 Å². The smallest absolute Gasteiger partial charge is 0.212 e. The third-order valence-electron chi connectivity index (χ3n) is 1.09. The van der Waals surface area contributed by atoms with Crippen LogP contribution in [0.25, 0.3) is 0 Å². The highest BCUT2D eigenvalue weighted by Gasteiger charge is 2.65. The fraction of sp³-hybridized carbons (Fsp3) is 0.600. The summed E-state index contributed by atoms with van der Waals surface area (Å²) in [6, 6.07) is 0. The van der Waals surface area contributed by atoms with Crippen LogP contribution < -0.4 is 0 Å². The highest BCUT2D eigenvalue weighted by molar-refractivity contribution is 5.08. The molecular weight excluding hydrogens is 212 g/mol. The van der Waals surface area contributed by atoms with Crippen LogP contribution in [0.1, 0.15) is 0 Å². The van der Waals surface area contributed by atoms with E-state index in [1.807, 2.05) is 0 Å². The van der Waals surface area contributed by atoms with Crippen LogP contribution in [-0.2, 0) is 0 Å². The summed E-state index contributed by atoms with van der Waals surface area (Å²) in [5, 5.41) is 0. The van der Waals surface area contributed by atoms with Crippen LogP contribution in [0.5, 0.6) is 0 Å². The minimum Gasteiger partial charge on any atom is -0.212 e. The molecule has 0 nitrogen and oxygen atoms in total. The third-order valence-corrected chi connectivity index (χ3v) is 1.09. The highest BCUT2D eigenvalue weighted by Crippen LogP contribution is 2.44. The average molecular weight is 214 g/mol. The molecule has 0 amide bonds. The summed E-state index contributed by atoms with van der Waals surface area (Å²) in [6.45, 7) is 0. The van der Waals surface area contributed by atoms with E-state index in [-0.39, 0.29) is 0 Å². The second kappa shape index (κ2) is 3.51. The largest absolute Gasteiger partial charge is 0.376 e. The van der Waals surface area contributed by atoms with Gasteiger partial charge in [0.05, 0.1) is 0 Å². The number of allylic oxidation sites excluding steroid dienone is 1. The number of halogens is 8. The van der Waals surface area contributed by atoms with Gasteiger partial charge in [-0.3, -0.25) is 0 Å². The first-order valence-corrected chi connectivity index (χ1v) is 2.68. The first kappa shape index (κ1) is 12.2. The van der Waals surface area contributed by atoms with Gasteiger partial charge in [-0.2, -0.15) is 17.6 Å². The third kappa shape index (κ3) is 1.92. The van der Waals surface area contributed by atoms with Crippen LogP contribution in [-0.4, -0.2) is 18.3 Å². The van der Waals surface area contributed by atoms with Crippen molar-refractivity contribution in [3.63, 3.8) is 0 Å². The van der Waals surface area contributed by atoms with Crippen LogP contribution in [0, 0.1) is 0 Å². The Morgan fingerprint density at radius 2 is 1.46 bits per heavy atom. The zero-order valence-corrected chi connectivity index (χ0v) is 5.68. The Kier molecular flexibility index (Phi) is 3.28. The fourth-order valence-corrected chi connectivity index (χ4v) is 0.365. The van der Waals surface area contributed by atoms with Crippen LogP contribution in [0.3, 0.4) is 0 Å². The van der Waals surface area contributed by atoms with Gasteiger partial charge in [-0.15, -0.1) is 0 Å². The van der Waals surface area contributed by atoms with Crippen molar-refractivity contribution in [2.24, 2.45) is 0 Å². The van der Waals surface area contributed by atoms with E-state index in [0.717, 1.165) is 0 Å². The Bertz CT molecular complexity index is 205. The van der Waals surface area contributed by atoms with E-state index in [9.17, 15) is 35.1 Å². The lowest BCUT2D eigenvalue weighted by Gasteiger charge is -2.23.